The molecule has 0 aliphatic carbocycles. The van der Waals surface area contributed by atoms with Gasteiger partial charge in [0.05, 0.1) is 18.8 Å². The third-order valence-corrected chi connectivity index (χ3v) is 6.54. The maximum atomic E-state index is 13.4. The van der Waals surface area contributed by atoms with Crippen molar-refractivity contribution in [2.75, 3.05) is 42.5 Å². The van der Waals surface area contributed by atoms with Gasteiger partial charge in [-0.3, -0.25) is 9.59 Å². The summed E-state index contributed by atoms with van der Waals surface area (Å²) < 4.78 is 6.10. The van der Waals surface area contributed by atoms with Gasteiger partial charge in [-0.15, -0.1) is 0 Å². The van der Waals surface area contributed by atoms with Crippen LogP contribution in [0, 0.1) is 0 Å². The molecular weight excluding hydrogens is 390 g/mol. The standard InChI is InChI=1S/C25H29N3O3/c29-24(28-16-8-10-19-9-2-3-11-20(19)28)18-27-17-23(25(30)26-14-6-1-7-15-26)31-22-13-5-4-12-21(22)27/h2-5,9,11-13,23H,1,6-8,10,14-18H2. The van der Waals surface area contributed by atoms with Crippen molar-refractivity contribution in [1.82, 2.24) is 4.90 Å². The molecule has 1 atom stereocenters. The first-order valence-corrected chi connectivity index (χ1v) is 11.4. The average molecular weight is 420 g/mol. The predicted molar refractivity (Wildman–Crippen MR) is 121 cm³/mol. The van der Waals surface area contributed by atoms with Gasteiger partial charge in [0, 0.05) is 25.3 Å². The van der Waals surface area contributed by atoms with Crippen LogP contribution in [-0.2, 0) is 16.0 Å². The van der Waals surface area contributed by atoms with Gasteiger partial charge in [-0.1, -0.05) is 30.3 Å². The summed E-state index contributed by atoms with van der Waals surface area (Å²) in [6.45, 7) is 2.96. The number of amides is 2. The Labute approximate surface area is 183 Å². The zero-order valence-corrected chi connectivity index (χ0v) is 17.8. The molecule has 1 fully saturated rings. The van der Waals surface area contributed by atoms with Crippen molar-refractivity contribution in [3.63, 3.8) is 0 Å². The molecule has 2 aromatic rings. The van der Waals surface area contributed by atoms with Gasteiger partial charge in [0.1, 0.15) is 5.75 Å². The number of carbonyl (C=O) groups excluding carboxylic acids is 2. The number of para-hydroxylation sites is 3. The largest absolute Gasteiger partial charge is 0.477 e. The Morgan fingerprint density at radius 1 is 0.871 bits per heavy atom. The molecule has 3 heterocycles. The van der Waals surface area contributed by atoms with Gasteiger partial charge in [-0.25, -0.2) is 0 Å². The summed E-state index contributed by atoms with van der Waals surface area (Å²) in [6.07, 6.45) is 4.67. The number of hydrogen-bond donors (Lipinski definition) is 0. The summed E-state index contributed by atoms with van der Waals surface area (Å²) in [5, 5.41) is 0. The van der Waals surface area contributed by atoms with Crippen molar-refractivity contribution in [2.45, 2.75) is 38.2 Å². The number of hydrogen-bond acceptors (Lipinski definition) is 4. The first kappa shape index (κ1) is 19.9. The van der Waals surface area contributed by atoms with E-state index >= 15 is 0 Å². The van der Waals surface area contributed by atoms with Crippen molar-refractivity contribution in [2.24, 2.45) is 0 Å². The van der Waals surface area contributed by atoms with E-state index in [-0.39, 0.29) is 18.4 Å². The second kappa shape index (κ2) is 8.61. The topological polar surface area (TPSA) is 53.1 Å². The number of anilines is 2. The normalized spacial score (nSPS) is 20.5. The molecule has 0 spiro atoms. The van der Waals surface area contributed by atoms with Crippen molar-refractivity contribution in [3.05, 3.63) is 54.1 Å². The number of likely N-dealkylation sites (tertiary alicyclic amines) is 1. The first-order chi connectivity index (χ1) is 15.2. The van der Waals surface area contributed by atoms with E-state index in [0.717, 1.165) is 56.7 Å². The van der Waals surface area contributed by atoms with Crippen LogP contribution in [0.3, 0.4) is 0 Å². The monoisotopic (exact) mass is 419 g/mol. The number of piperidine rings is 1. The number of rotatable bonds is 3. The minimum Gasteiger partial charge on any atom is -0.477 e. The fraction of sp³-hybridized carbons (Fsp3) is 0.440. The van der Waals surface area contributed by atoms with E-state index in [1.807, 2.05) is 57.2 Å². The molecule has 1 unspecified atom stereocenters. The maximum Gasteiger partial charge on any atom is 0.265 e. The fourth-order valence-electron chi connectivity index (χ4n) is 4.94. The van der Waals surface area contributed by atoms with Gasteiger partial charge in [0.2, 0.25) is 5.91 Å². The molecular formula is C25H29N3O3. The Kier molecular flexibility index (Phi) is 5.53. The lowest BCUT2D eigenvalue weighted by Gasteiger charge is -2.39. The lowest BCUT2D eigenvalue weighted by Crippen LogP contribution is -2.53. The molecule has 3 aliphatic rings. The van der Waals surface area contributed by atoms with E-state index in [1.165, 1.54) is 12.0 Å². The summed E-state index contributed by atoms with van der Waals surface area (Å²) >= 11 is 0. The molecule has 31 heavy (non-hydrogen) atoms. The molecule has 3 aliphatic heterocycles. The van der Waals surface area contributed by atoms with E-state index in [9.17, 15) is 9.59 Å². The molecule has 1 saturated heterocycles. The van der Waals surface area contributed by atoms with Crippen LogP contribution >= 0.6 is 0 Å². The van der Waals surface area contributed by atoms with Crippen molar-refractivity contribution in [3.8, 4) is 5.75 Å². The van der Waals surface area contributed by atoms with Crippen LogP contribution in [0.5, 0.6) is 5.75 Å². The van der Waals surface area contributed by atoms with E-state index in [4.69, 9.17) is 4.74 Å². The van der Waals surface area contributed by atoms with Gasteiger partial charge in [0.15, 0.2) is 6.10 Å². The number of carbonyl (C=O) groups is 2. The summed E-state index contributed by atoms with van der Waals surface area (Å²) in [6, 6.07) is 15.9. The Bertz CT molecular complexity index is 970. The second-order valence-corrected chi connectivity index (χ2v) is 8.62. The highest BCUT2D eigenvalue weighted by atomic mass is 16.5. The third kappa shape index (κ3) is 3.99. The number of ether oxygens (including phenoxy) is 1. The second-order valence-electron chi connectivity index (χ2n) is 8.62. The predicted octanol–water partition coefficient (Wildman–Crippen LogP) is 3.25. The Balaban J connectivity index is 1.36. The quantitative estimate of drug-likeness (QED) is 0.767. The Hall–Kier alpha value is -3.02. The van der Waals surface area contributed by atoms with Gasteiger partial charge in [0.25, 0.3) is 5.91 Å². The average Bonchev–Trinajstić information content (AvgIpc) is 2.83. The lowest BCUT2D eigenvalue weighted by atomic mass is 10.0. The molecule has 6 nitrogen and oxygen atoms in total. The van der Waals surface area contributed by atoms with Crippen LogP contribution in [0.4, 0.5) is 11.4 Å². The summed E-state index contributed by atoms with van der Waals surface area (Å²) in [5.41, 5.74) is 3.12. The maximum absolute atomic E-state index is 13.4. The van der Waals surface area contributed by atoms with Crippen LogP contribution in [0.2, 0.25) is 0 Å². The lowest BCUT2D eigenvalue weighted by molar-refractivity contribution is -0.139. The molecule has 162 valence electrons. The van der Waals surface area contributed by atoms with E-state index in [2.05, 4.69) is 6.07 Å². The van der Waals surface area contributed by atoms with E-state index in [1.54, 1.807) is 0 Å². The summed E-state index contributed by atoms with van der Waals surface area (Å²) in [4.78, 5) is 32.3. The molecule has 2 amide bonds. The summed E-state index contributed by atoms with van der Waals surface area (Å²) in [7, 11) is 0. The van der Waals surface area contributed by atoms with Gasteiger partial charge in [-0.2, -0.15) is 0 Å². The highest BCUT2D eigenvalue weighted by Crippen LogP contribution is 2.34. The molecule has 0 saturated carbocycles. The Morgan fingerprint density at radius 2 is 1.61 bits per heavy atom. The smallest absolute Gasteiger partial charge is 0.265 e. The number of benzene rings is 2. The van der Waals surface area contributed by atoms with Crippen molar-refractivity contribution >= 4 is 23.2 Å². The van der Waals surface area contributed by atoms with Gasteiger partial charge >= 0.3 is 0 Å². The number of nitrogens with zero attached hydrogens (tertiary/aromatic N) is 3. The molecule has 0 bridgehead atoms. The van der Waals surface area contributed by atoms with Gasteiger partial charge in [-0.05, 0) is 55.9 Å². The highest BCUT2D eigenvalue weighted by molar-refractivity contribution is 5.98. The van der Waals surface area contributed by atoms with E-state index < -0.39 is 6.10 Å². The molecule has 0 radical (unpaired) electrons. The molecule has 0 N–H and O–H groups in total. The van der Waals surface area contributed by atoms with Crippen molar-refractivity contribution in [1.29, 1.82) is 0 Å². The first-order valence-electron chi connectivity index (χ1n) is 11.4. The molecule has 0 aromatic heterocycles. The van der Waals surface area contributed by atoms with Gasteiger partial charge < -0.3 is 19.4 Å². The van der Waals surface area contributed by atoms with Crippen LogP contribution in [0.25, 0.3) is 0 Å². The molecule has 6 heteroatoms. The zero-order valence-electron chi connectivity index (χ0n) is 17.8. The summed E-state index contributed by atoms with van der Waals surface area (Å²) in [5.74, 6) is 0.777. The third-order valence-electron chi connectivity index (χ3n) is 6.54. The highest BCUT2D eigenvalue weighted by Gasteiger charge is 2.35. The number of fused-ring (bicyclic) bond motifs is 2. The van der Waals surface area contributed by atoms with Crippen LogP contribution < -0.4 is 14.5 Å². The Morgan fingerprint density at radius 3 is 2.45 bits per heavy atom. The van der Waals surface area contributed by atoms with Crippen LogP contribution in [-0.4, -0.2) is 55.5 Å². The van der Waals surface area contributed by atoms with Crippen LogP contribution in [0.1, 0.15) is 31.2 Å². The minimum atomic E-state index is -0.575. The number of aryl methyl sites for hydroxylation is 1. The zero-order chi connectivity index (χ0) is 21.2. The minimum absolute atomic E-state index is 0.0370. The fourth-order valence-corrected chi connectivity index (χ4v) is 4.94. The van der Waals surface area contributed by atoms with E-state index in [0.29, 0.717) is 12.3 Å². The van der Waals surface area contributed by atoms with Crippen LogP contribution in [0.15, 0.2) is 48.5 Å². The SMILES string of the molecule is O=C(C1CN(CC(=O)N2CCCc3ccccc32)c2ccccc2O1)N1CCCCC1. The van der Waals surface area contributed by atoms with Crippen molar-refractivity contribution < 1.29 is 14.3 Å². The molecule has 5 rings (SSSR count). The molecule has 2 aromatic carbocycles.